The number of rotatable bonds is 9. The smallest absolute Gasteiger partial charge is 0.264 e. The van der Waals surface area contributed by atoms with E-state index < -0.39 is 22.5 Å². The van der Waals surface area contributed by atoms with Crippen molar-refractivity contribution in [1.82, 2.24) is 10.3 Å². The summed E-state index contributed by atoms with van der Waals surface area (Å²) in [6.45, 7) is 2.10. The molecule has 1 amide bonds. The van der Waals surface area contributed by atoms with Crippen molar-refractivity contribution in [3.05, 3.63) is 89.4 Å². The Bertz CT molecular complexity index is 1340. The number of carbonyl (C=O) groups is 1. The summed E-state index contributed by atoms with van der Waals surface area (Å²) in [5.41, 5.74) is 4.96. The van der Waals surface area contributed by atoms with Gasteiger partial charge in [-0.25, -0.2) is 13.8 Å². The van der Waals surface area contributed by atoms with Crippen LogP contribution in [0.2, 0.25) is 5.02 Å². The normalized spacial score (nSPS) is 14.2. The molecule has 1 fully saturated rings. The van der Waals surface area contributed by atoms with Crippen LogP contribution in [0.25, 0.3) is 0 Å². The second-order valence-electron chi connectivity index (χ2n) is 8.64. The van der Waals surface area contributed by atoms with E-state index in [1.807, 2.05) is 18.2 Å². The fraction of sp³-hybridized carbons (Fsp3) is 0.259. The van der Waals surface area contributed by atoms with Crippen LogP contribution in [-0.4, -0.2) is 51.7 Å². The van der Waals surface area contributed by atoms with Crippen molar-refractivity contribution in [2.45, 2.75) is 24.3 Å². The van der Waals surface area contributed by atoms with Gasteiger partial charge in [0.15, 0.2) is 0 Å². The number of sulfonamides is 1. The molecule has 3 aromatic carbocycles. The number of carbonyl (C=O) groups excluding carboxylic acids is 1. The van der Waals surface area contributed by atoms with Crippen molar-refractivity contribution in [3.63, 3.8) is 0 Å². The Morgan fingerprint density at radius 3 is 2.38 bits per heavy atom. The molecule has 10 heteroatoms. The van der Waals surface area contributed by atoms with Gasteiger partial charge in [-0.2, -0.15) is 5.10 Å². The van der Waals surface area contributed by atoms with Crippen LogP contribution < -0.4 is 14.5 Å². The van der Waals surface area contributed by atoms with Crippen molar-refractivity contribution < 1.29 is 17.9 Å². The number of halogens is 1. The maximum atomic E-state index is 13.5. The Hall–Kier alpha value is -3.40. The van der Waals surface area contributed by atoms with Gasteiger partial charge in [-0.3, -0.25) is 14.0 Å². The highest BCUT2D eigenvalue weighted by Crippen LogP contribution is 2.27. The first-order chi connectivity index (χ1) is 17.8. The Morgan fingerprint density at radius 1 is 1.03 bits per heavy atom. The van der Waals surface area contributed by atoms with Gasteiger partial charge < -0.3 is 4.74 Å². The van der Waals surface area contributed by atoms with Crippen LogP contribution >= 0.6 is 11.6 Å². The third kappa shape index (κ3) is 7.09. The fourth-order valence-electron chi connectivity index (χ4n) is 4.05. The van der Waals surface area contributed by atoms with Gasteiger partial charge in [0.2, 0.25) is 0 Å². The van der Waals surface area contributed by atoms with E-state index in [9.17, 15) is 13.2 Å². The van der Waals surface area contributed by atoms with E-state index in [1.54, 1.807) is 30.3 Å². The molecule has 1 N–H and O–H groups in total. The molecule has 1 saturated heterocycles. The van der Waals surface area contributed by atoms with Gasteiger partial charge >= 0.3 is 0 Å². The number of piperidine rings is 1. The largest absolute Gasteiger partial charge is 0.497 e. The maximum Gasteiger partial charge on any atom is 0.264 e. The summed E-state index contributed by atoms with van der Waals surface area (Å²) in [7, 11) is -2.57. The van der Waals surface area contributed by atoms with Gasteiger partial charge in [0.25, 0.3) is 15.9 Å². The van der Waals surface area contributed by atoms with Gasteiger partial charge in [-0.1, -0.05) is 48.0 Å². The van der Waals surface area contributed by atoms with Crippen LogP contribution in [-0.2, 0) is 21.4 Å². The quantitative estimate of drug-likeness (QED) is 0.408. The molecule has 0 aliphatic carbocycles. The number of methoxy groups -OCH3 is 1. The summed E-state index contributed by atoms with van der Waals surface area (Å²) < 4.78 is 33.1. The van der Waals surface area contributed by atoms with Crippen LogP contribution in [0, 0.1) is 0 Å². The molecular weight excluding hydrogens is 512 g/mol. The molecular formula is C27H29ClN4O4S. The number of hydrogen-bond donors (Lipinski definition) is 1. The number of amides is 1. The number of hydrogen-bond acceptors (Lipinski definition) is 6. The molecule has 1 heterocycles. The lowest BCUT2D eigenvalue weighted by molar-refractivity contribution is -0.119. The number of nitrogens with one attached hydrogen (secondary N) is 1. The molecule has 0 bridgehead atoms. The van der Waals surface area contributed by atoms with E-state index in [2.05, 4.69) is 27.6 Å². The molecule has 8 nitrogen and oxygen atoms in total. The first kappa shape index (κ1) is 26.7. The molecule has 0 spiro atoms. The van der Waals surface area contributed by atoms with Crippen LogP contribution in [0.3, 0.4) is 0 Å². The zero-order chi connectivity index (χ0) is 26.3. The molecule has 0 radical (unpaired) electrons. The van der Waals surface area contributed by atoms with Crippen molar-refractivity contribution in [1.29, 1.82) is 0 Å². The zero-order valence-corrected chi connectivity index (χ0v) is 22.1. The summed E-state index contributed by atoms with van der Waals surface area (Å²) >= 11 is 6.12. The maximum absolute atomic E-state index is 13.5. The van der Waals surface area contributed by atoms with E-state index >= 15 is 0 Å². The lowest BCUT2D eigenvalue weighted by atomic mass is 10.1. The topological polar surface area (TPSA) is 91.3 Å². The highest BCUT2D eigenvalue weighted by Gasteiger charge is 2.27. The third-order valence-corrected chi connectivity index (χ3v) is 8.07. The second-order valence-corrected chi connectivity index (χ2v) is 10.9. The Balaban J connectivity index is 1.43. The lowest BCUT2D eigenvalue weighted by Crippen LogP contribution is -2.40. The van der Waals surface area contributed by atoms with Crippen LogP contribution in [0.15, 0.2) is 88.9 Å². The van der Waals surface area contributed by atoms with Gasteiger partial charge in [-0.05, 0) is 48.0 Å². The molecule has 0 saturated carbocycles. The minimum Gasteiger partial charge on any atom is -0.497 e. The fourth-order valence-corrected chi connectivity index (χ4v) is 5.65. The van der Waals surface area contributed by atoms with E-state index in [0.29, 0.717) is 10.8 Å². The molecule has 37 heavy (non-hydrogen) atoms. The lowest BCUT2D eigenvalue weighted by Gasteiger charge is -2.27. The van der Waals surface area contributed by atoms with Crippen molar-refractivity contribution in [2.75, 3.05) is 31.0 Å². The predicted molar refractivity (Wildman–Crippen MR) is 146 cm³/mol. The highest BCUT2D eigenvalue weighted by molar-refractivity contribution is 7.92. The SMILES string of the molecule is COc1ccc(S(=O)(=O)N(CC(=O)NN=C2CCN(Cc3ccccc3)CC2)c2cccc(Cl)c2)cc1. The van der Waals surface area contributed by atoms with Crippen molar-refractivity contribution in [3.8, 4) is 5.75 Å². The monoisotopic (exact) mass is 540 g/mol. The highest BCUT2D eigenvalue weighted by atomic mass is 35.5. The molecule has 1 aliphatic heterocycles. The average molecular weight is 541 g/mol. The predicted octanol–water partition coefficient (Wildman–Crippen LogP) is 4.31. The molecule has 0 aromatic heterocycles. The third-order valence-electron chi connectivity index (χ3n) is 6.05. The first-order valence-electron chi connectivity index (χ1n) is 11.9. The summed E-state index contributed by atoms with van der Waals surface area (Å²) in [5.74, 6) is -0.0204. The standard InChI is InChI=1S/C27H29ClN4O4S/c1-36-25-10-12-26(13-11-25)37(34,35)32(24-9-5-8-22(28)18-24)20-27(33)30-29-23-14-16-31(17-15-23)19-21-6-3-2-4-7-21/h2-13,18H,14-17,19-20H2,1H3,(H,30,33). The van der Waals surface area contributed by atoms with Crippen molar-refractivity contribution in [2.24, 2.45) is 5.10 Å². The van der Waals surface area contributed by atoms with E-state index in [1.165, 1.54) is 30.9 Å². The molecule has 0 atom stereocenters. The molecule has 194 valence electrons. The van der Waals surface area contributed by atoms with Crippen LogP contribution in [0.1, 0.15) is 18.4 Å². The number of benzene rings is 3. The number of anilines is 1. The van der Waals surface area contributed by atoms with Gasteiger partial charge in [0, 0.05) is 43.2 Å². The van der Waals surface area contributed by atoms with Gasteiger partial charge in [-0.15, -0.1) is 0 Å². The minimum atomic E-state index is -4.07. The van der Waals surface area contributed by atoms with Gasteiger partial charge in [0.1, 0.15) is 12.3 Å². The van der Waals surface area contributed by atoms with Crippen LogP contribution in [0.4, 0.5) is 5.69 Å². The summed E-state index contributed by atoms with van der Waals surface area (Å²) in [6, 6.07) is 22.6. The zero-order valence-electron chi connectivity index (χ0n) is 20.5. The average Bonchev–Trinajstić information content (AvgIpc) is 2.92. The Morgan fingerprint density at radius 2 is 1.73 bits per heavy atom. The number of ether oxygens (including phenoxy) is 1. The number of hydrazone groups is 1. The number of nitrogens with zero attached hydrogens (tertiary/aromatic N) is 3. The van der Waals surface area contributed by atoms with E-state index in [-0.39, 0.29) is 10.6 Å². The molecule has 4 rings (SSSR count). The van der Waals surface area contributed by atoms with Crippen LogP contribution in [0.5, 0.6) is 5.75 Å². The van der Waals surface area contributed by atoms with Crippen molar-refractivity contribution >= 4 is 38.9 Å². The summed E-state index contributed by atoms with van der Waals surface area (Å²) in [5, 5.41) is 4.65. The molecule has 0 unspecified atom stereocenters. The number of likely N-dealkylation sites (tertiary alicyclic amines) is 1. The van der Waals surface area contributed by atoms with Gasteiger partial charge in [0.05, 0.1) is 17.7 Å². The van der Waals surface area contributed by atoms with E-state index in [0.717, 1.165) is 42.5 Å². The second kappa shape index (κ2) is 12.2. The Kier molecular flexibility index (Phi) is 8.81. The molecule has 1 aliphatic rings. The van der Waals surface area contributed by atoms with E-state index in [4.69, 9.17) is 16.3 Å². The first-order valence-corrected chi connectivity index (χ1v) is 13.7. The molecule has 3 aromatic rings. The summed E-state index contributed by atoms with van der Waals surface area (Å²) in [4.78, 5) is 15.2. The minimum absolute atomic E-state index is 0.0261. The summed E-state index contributed by atoms with van der Waals surface area (Å²) in [6.07, 6.45) is 1.46. The Labute approximate surface area is 222 Å².